The monoisotopic (exact) mass is 252 g/mol. The third-order valence-corrected chi connectivity index (χ3v) is 3.56. The lowest BCUT2D eigenvalue weighted by Crippen LogP contribution is -2.20. The lowest BCUT2D eigenvalue weighted by atomic mass is 9.94. The Labute approximate surface area is 109 Å². The molecule has 5 heteroatoms. The van der Waals surface area contributed by atoms with E-state index < -0.39 is 0 Å². The summed E-state index contributed by atoms with van der Waals surface area (Å²) in [6, 6.07) is 0. The van der Waals surface area contributed by atoms with Crippen LogP contribution in [0.2, 0.25) is 0 Å². The largest absolute Gasteiger partial charge is 0.381 e. The fourth-order valence-corrected chi connectivity index (χ4v) is 2.56. The van der Waals surface area contributed by atoms with Gasteiger partial charge in [-0.3, -0.25) is 0 Å². The molecular weight excluding hydrogens is 228 g/mol. The molecule has 2 rings (SSSR count). The van der Waals surface area contributed by atoms with E-state index >= 15 is 0 Å². The molecular formula is C13H24N4O. The second kappa shape index (κ2) is 6.85. The van der Waals surface area contributed by atoms with Gasteiger partial charge in [0.2, 0.25) is 0 Å². The maximum atomic E-state index is 5.67. The van der Waals surface area contributed by atoms with E-state index in [0.717, 1.165) is 51.1 Å². The Morgan fingerprint density at radius 1 is 1.39 bits per heavy atom. The number of aryl methyl sites for hydroxylation is 1. The highest BCUT2D eigenvalue weighted by Crippen LogP contribution is 2.29. The molecule has 1 aliphatic heterocycles. The van der Waals surface area contributed by atoms with Crippen molar-refractivity contribution in [2.75, 3.05) is 19.8 Å². The zero-order chi connectivity index (χ0) is 12.8. The quantitative estimate of drug-likeness (QED) is 0.832. The van der Waals surface area contributed by atoms with Crippen LogP contribution in [0.15, 0.2) is 0 Å². The Morgan fingerprint density at radius 3 is 2.83 bits per heavy atom. The van der Waals surface area contributed by atoms with Gasteiger partial charge in [0.25, 0.3) is 0 Å². The molecule has 1 aromatic heterocycles. The number of ether oxygens (including phenoxy) is 1. The minimum absolute atomic E-state index is 0.548. The summed E-state index contributed by atoms with van der Waals surface area (Å²) in [6.07, 6.45) is 5.33. The molecule has 5 nitrogen and oxygen atoms in total. The minimum Gasteiger partial charge on any atom is -0.381 e. The van der Waals surface area contributed by atoms with Crippen molar-refractivity contribution < 1.29 is 4.74 Å². The predicted molar refractivity (Wildman–Crippen MR) is 70.5 cm³/mol. The number of nitrogens with two attached hydrogens (primary N) is 1. The van der Waals surface area contributed by atoms with Crippen molar-refractivity contribution in [1.29, 1.82) is 0 Å². The van der Waals surface area contributed by atoms with Crippen molar-refractivity contribution in [1.82, 2.24) is 15.0 Å². The van der Waals surface area contributed by atoms with Crippen molar-refractivity contribution in [2.24, 2.45) is 5.73 Å². The van der Waals surface area contributed by atoms with Crippen LogP contribution in [-0.2, 0) is 17.7 Å². The van der Waals surface area contributed by atoms with Gasteiger partial charge in [-0.05, 0) is 25.8 Å². The van der Waals surface area contributed by atoms with Gasteiger partial charge in [0, 0.05) is 32.1 Å². The molecule has 0 amide bonds. The zero-order valence-electron chi connectivity index (χ0n) is 11.3. The molecule has 1 fully saturated rings. The van der Waals surface area contributed by atoms with Crippen molar-refractivity contribution in [3.63, 3.8) is 0 Å². The van der Waals surface area contributed by atoms with E-state index in [0.29, 0.717) is 12.5 Å². The predicted octanol–water partition coefficient (Wildman–Crippen LogP) is 1.47. The minimum atomic E-state index is 0.548. The lowest BCUT2D eigenvalue weighted by Gasteiger charge is -2.23. The van der Waals surface area contributed by atoms with Gasteiger partial charge in [-0.2, -0.15) is 0 Å². The topological polar surface area (TPSA) is 66.0 Å². The first-order valence-corrected chi connectivity index (χ1v) is 7.06. The number of rotatable bonds is 6. The number of hydrogen-bond acceptors (Lipinski definition) is 4. The van der Waals surface area contributed by atoms with Gasteiger partial charge in [0.1, 0.15) is 0 Å². The number of aromatic nitrogens is 3. The molecule has 0 aromatic carbocycles. The smallest absolute Gasteiger partial charge is 0.0874 e. The first-order valence-electron chi connectivity index (χ1n) is 7.06. The van der Waals surface area contributed by atoms with Crippen molar-refractivity contribution in [3.05, 3.63) is 11.4 Å². The summed E-state index contributed by atoms with van der Waals surface area (Å²) in [6.45, 7) is 5.52. The second-order valence-electron chi connectivity index (χ2n) is 4.92. The molecule has 1 saturated heterocycles. The molecule has 0 radical (unpaired) electrons. The third kappa shape index (κ3) is 3.09. The second-order valence-corrected chi connectivity index (χ2v) is 4.92. The molecule has 0 bridgehead atoms. The summed E-state index contributed by atoms with van der Waals surface area (Å²) in [5, 5.41) is 8.64. The number of unbranched alkanes of at least 4 members (excludes halogenated alkanes) is 1. The van der Waals surface area contributed by atoms with Crippen LogP contribution >= 0.6 is 0 Å². The summed E-state index contributed by atoms with van der Waals surface area (Å²) in [7, 11) is 0. The average molecular weight is 252 g/mol. The molecule has 0 atom stereocenters. The number of nitrogens with zero attached hydrogens (tertiary/aromatic N) is 3. The van der Waals surface area contributed by atoms with Gasteiger partial charge in [0.05, 0.1) is 11.4 Å². The van der Waals surface area contributed by atoms with E-state index in [1.165, 1.54) is 12.1 Å². The molecule has 0 saturated carbocycles. The normalized spacial score (nSPS) is 17.2. The van der Waals surface area contributed by atoms with Gasteiger partial charge in [0.15, 0.2) is 0 Å². The molecule has 18 heavy (non-hydrogen) atoms. The molecule has 2 N–H and O–H groups in total. The van der Waals surface area contributed by atoms with E-state index in [1.807, 2.05) is 0 Å². The molecule has 102 valence electrons. The fourth-order valence-electron chi connectivity index (χ4n) is 2.56. The van der Waals surface area contributed by atoms with E-state index in [-0.39, 0.29) is 0 Å². The Balaban J connectivity index is 2.18. The van der Waals surface area contributed by atoms with Crippen LogP contribution in [0.25, 0.3) is 0 Å². The van der Waals surface area contributed by atoms with E-state index in [4.69, 9.17) is 10.5 Å². The molecule has 0 unspecified atom stereocenters. The maximum absolute atomic E-state index is 5.67. The first-order chi connectivity index (χ1) is 8.86. The highest BCUT2D eigenvalue weighted by molar-refractivity contribution is 5.17. The van der Waals surface area contributed by atoms with Crippen LogP contribution in [0, 0.1) is 0 Å². The summed E-state index contributed by atoms with van der Waals surface area (Å²) in [4.78, 5) is 0. The van der Waals surface area contributed by atoms with Crippen LogP contribution in [0.5, 0.6) is 0 Å². The average Bonchev–Trinajstić information content (AvgIpc) is 2.81. The van der Waals surface area contributed by atoms with E-state index in [9.17, 15) is 0 Å². The van der Waals surface area contributed by atoms with Crippen LogP contribution in [0.3, 0.4) is 0 Å². The van der Waals surface area contributed by atoms with Gasteiger partial charge < -0.3 is 10.5 Å². The highest BCUT2D eigenvalue weighted by Gasteiger charge is 2.24. The third-order valence-electron chi connectivity index (χ3n) is 3.56. The van der Waals surface area contributed by atoms with Gasteiger partial charge in [-0.15, -0.1) is 5.10 Å². The lowest BCUT2D eigenvalue weighted by molar-refractivity contribution is 0.0832. The zero-order valence-corrected chi connectivity index (χ0v) is 11.3. The summed E-state index contributed by atoms with van der Waals surface area (Å²) in [5.41, 5.74) is 8.08. The Kier molecular flexibility index (Phi) is 5.13. The Bertz CT molecular complexity index is 358. The molecule has 0 aliphatic carbocycles. The van der Waals surface area contributed by atoms with Crippen LogP contribution in [0.4, 0.5) is 0 Å². The van der Waals surface area contributed by atoms with Crippen LogP contribution < -0.4 is 5.73 Å². The van der Waals surface area contributed by atoms with E-state index in [2.05, 4.69) is 21.9 Å². The fraction of sp³-hybridized carbons (Fsp3) is 0.846. The van der Waals surface area contributed by atoms with Crippen molar-refractivity contribution in [2.45, 2.75) is 51.5 Å². The molecule has 2 heterocycles. The van der Waals surface area contributed by atoms with Gasteiger partial charge in [-0.1, -0.05) is 18.6 Å². The number of hydrogen-bond donors (Lipinski definition) is 1. The van der Waals surface area contributed by atoms with E-state index in [1.54, 1.807) is 0 Å². The summed E-state index contributed by atoms with van der Waals surface area (Å²) >= 11 is 0. The molecule has 0 spiro atoms. The molecule has 1 aliphatic rings. The van der Waals surface area contributed by atoms with Crippen LogP contribution in [0.1, 0.15) is 49.9 Å². The summed E-state index contributed by atoms with van der Waals surface area (Å²) in [5.74, 6) is 0.548. The van der Waals surface area contributed by atoms with Gasteiger partial charge >= 0.3 is 0 Å². The summed E-state index contributed by atoms with van der Waals surface area (Å²) < 4.78 is 7.55. The maximum Gasteiger partial charge on any atom is 0.0874 e. The highest BCUT2D eigenvalue weighted by atomic mass is 16.5. The Hall–Kier alpha value is -0.940. The van der Waals surface area contributed by atoms with Crippen molar-refractivity contribution >= 4 is 0 Å². The standard InChI is InChI=1S/C13H24N4O/c1-2-3-8-17-13(11-5-9-18-10-6-11)12(4-7-14)15-16-17/h11H,2-10,14H2,1H3. The Morgan fingerprint density at radius 2 is 2.17 bits per heavy atom. The van der Waals surface area contributed by atoms with Gasteiger partial charge in [-0.25, -0.2) is 4.68 Å². The van der Waals surface area contributed by atoms with Crippen molar-refractivity contribution in [3.8, 4) is 0 Å². The molecule has 1 aromatic rings. The SMILES string of the molecule is CCCCn1nnc(CCN)c1C1CCOCC1. The first kappa shape index (κ1) is 13.5. The van der Waals surface area contributed by atoms with Crippen LogP contribution in [-0.4, -0.2) is 34.8 Å².